The fourth-order valence-electron chi connectivity index (χ4n) is 1.55. The average Bonchev–Trinajstić information content (AvgIpc) is 2.05. The Morgan fingerprint density at radius 3 is 3.00 bits per heavy atom. The summed E-state index contributed by atoms with van der Waals surface area (Å²) in [6.07, 6.45) is 1.58. The van der Waals surface area contributed by atoms with Crippen molar-refractivity contribution in [2.75, 3.05) is 13.1 Å². The number of hydrogen-bond acceptors (Lipinski definition) is 4. The zero-order valence-corrected chi connectivity index (χ0v) is 6.73. The van der Waals surface area contributed by atoms with E-state index >= 15 is 0 Å². The molecule has 1 saturated heterocycles. The summed E-state index contributed by atoms with van der Waals surface area (Å²) in [6.45, 7) is 1.27. The van der Waals surface area contributed by atoms with Crippen LogP contribution in [-0.4, -0.2) is 30.3 Å². The minimum absolute atomic E-state index is 0.119. The zero-order valence-electron chi connectivity index (χ0n) is 6.73. The van der Waals surface area contributed by atoms with Gasteiger partial charge >= 0.3 is 0 Å². The lowest BCUT2D eigenvalue weighted by molar-refractivity contribution is -0.534. The molecule has 0 aromatic heterocycles. The molecule has 0 bridgehead atoms. The van der Waals surface area contributed by atoms with Gasteiger partial charge in [-0.3, -0.25) is 10.1 Å². The first-order valence-corrected chi connectivity index (χ1v) is 4.03. The molecule has 0 radical (unpaired) electrons. The van der Waals surface area contributed by atoms with Crippen molar-refractivity contribution in [3.05, 3.63) is 10.1 Å². The van der Waals surface area contributed by atoms with Gasteiger partial charge in [0.05, 0.1) is 0 Å². The number of hydrogen-bond donors (Lipinski definition) is 1. The third kappa shape index (κ3) is 2.01. The number of nitro groups is 1. The second kappa shape index (κ2) is 4.15. The standard InChI is InChI=1S/C7H12N2O3/c10-4-2-6-5-8-3-1-7(6)9(11)12/h4,6-8H,1-3,5H2. The van der Waals surface area contributed by atoms with Gasteiger partial charge in [-0.2, -0.15) is 0 Å². The average molecular weight is 172 g/mol. The van der Waals surface area contributed by atoms with Crippen LogP contribution in [0.25, 0.3) is 0 Å². The molecule has 2 atom stereocenters. The zero-order chi connectivity index (χ0) is 8.97. The normalized spacial score (nSPS) is 29.7. The summed E-state index contributed by atoms with van der Waals surface area (Å²) in [4.78, 5) is 20.4. The Morgan fingerprint density at radius 1 is 1.67 bits per heavy atom. The molecule has 0 aromatic carbocycles. The van der Waals surface area contributed by atoms with E-state index in [4.69, 9.17) is 0 Å². The summed E-state index contributed by atoms with van der Waals surface area (Å²) in [7, 11) is 0. The van der Waals surface area contributed by atoms with E-state index in [-0.39, 0.29) is 10.8 Å². The van der Waals surface area contributed by atoms with Gasteiger partial charge < -0.3 is 10.1 Å². The molecule has 68 valence electrons. The Labute approximate surface area is 70.3 Å². The van der Waals surface area contributed by atoms with Crippen LogP contribution in [0.15, 0.2) is 0 Å². The highest BCUT2D eigenvalue weighted by Gasteiger charge is 2.33. The van der Waals surface area contributed by atoms with Gasteiger partial charge in [0.1, 0.15) is 6.29 Å². The second-order valence-corrected chi connectivity index (χ2v) is 3.01. The molecule has 5 heteroatoms. The molecule has 1 rings (SSSR count). The number of aldehydes is 1. The number of nitrogens with one attached hydrogen (secondary N) is 1. The predicted molar refractivity (Wildman–Crippen MR) is 42.4 cm³/mol. The van der Waals surface area contributed by atoms with Crippen LogP contribution in [0.2, 0.25) is 0 Å². The maximum absolute atomic E-state index is 10.5. The molecule has 1 heterocycles. The predicted octanol–water partition coefficient (Wildman–Crippen LogP) is -0.170. The molecule has 1 fully saturated rings. The first-order valence-electron chi connectivity index (χ1n) is 4.03. The molecule has 5 nitrogen and oxygen atoms in total. The minimum Gasteiger partial charge on any atom is -0.316 e. The summed E-state index contributed by atoms with van der Waals surface area (Å²) in [5, 5.41) is 13.5. The van der Waals surface area contributed by atoms with E-state index in [0.29, 0.717) is 25.9 Å². The molecular weight excluding hydrogens is 160 g/mol. The molecule has 0 amide bonds. The lowest BCUT2D eigenvalue weighted by Gasteiger charge is -2.24. The summed E-state index contributed by atoms with van der Waals surface area (Å²) in [5.41, 5.74) is 0. The van der Waals surface area contributed by atoms with Crippen LogP contribution in [0.5, 0.6) is 0 Å². The van der Waals surface area contributed by atoms with Gasteiger partial charge in [0.15, 0.2) is 0 Å². The fourth-order valence-corrected chi connectivity index (χ4v) is 1.55. The monoisotopic (exact) mass is 172 g/mol. The van der Waals surface area contributed by atoms with Crippen molar-refractivity contribution in [2.45, 2.75) is 18.9 Å². The van der Waals surface area contributed by atoms with E-state index in [9.17, 15) is 14.9 Å². The number of carbonyl (C=O) groups excluding carboxylic acids is 1. The van der Waals surface area contributed by atoms with E-state index in [0.717, 1.165) is 6.29 Å². The quantitative estimate of drug-likeness (QED) is 0.364. The molecule has 1 aliphatic heterocycles. The van der Waals surface area contributed by atoms with Crippen molar-refractivity contribution < 1.29 is 9.72 Å². The van der Waals surface area contributed by atoms with Gasteiger partial charge in [-0.25, -0.2) is 0 Å². The van der Waals surface area contributed by atoms with E-state index in [1.165, 1.54) is 0 Å². The summed E-state index contributed by atoms with van der Waals surface area (Å²) in [6, 6.07) is -0.531. The van der Waals surface area contributed by atoms with Crippen molar-refractivity contribution in [1.82, 2.24) is 5.32 Å². The van der Waals surface area contributed by atoms with E-state index in [2.05, 4.69) is 5.32 Å². The number of nitrogens with zero attached hydrogens (tertiary/aromatic N) is 1. The van der Waals surface area contributed by atoms with Crippen LogP contribution in [-0.2, 0) is 4.79 Å². The molecule has 0 spiro atoms. The fraction of sp³-hybridized carbons (Fsp3) is 0.857. The Bertz CT molecular complexity index is 183. The second-order valence-electron chi connectivity index (χ2n) is 3.01. The van der Waals surface area contributed by atoms with Gasteiger partial charge in [-0.05, 0) is 0 Å². The maximum Gasteiger partial charge on any atom is 0.218 e. The van der Waals surface area contributed by atoms with Crippen LogP contribution >= 0.6 is 0 Å². The molecule has 2 unspecified atom stereocenters. The molecule has 0 aromatic rings. The Hall–Kier alpha value is -0.970. The van der Waals surface area contributed by atoms with Crippen molar-refractivity contribution >= 4 is 6.29 Å². The molecular formula is C7H12N2O3. The van der Waals surface area contributed by atoms with Crippen molar-refractivity contribution in [3.8, 4) is 0 Å². The SMILES string of the molecule is O=CCC1CNCCC1[N+](=O)[O-]. The largest absolute Gasteiger partial charge is 0.316 e. The number of rotatable bonds is 3. The molecule has 12 heavy (non-hydrogen) atoms. The summed E-state index contributed by atoms with van der Waals surface area (Å²) >= 11 is 0. The number of piperidine rings is 1. The first-order chi connectivity index (χ1) is 5.75. The third-order valence-electron chi connectivity index (χ3n) is 2.24. The van der Waals surface area contributed by atoms with Crippen LogP contribution in [0.4, 0.5) is 0 Å². The lowest BCUT2D eigenvalue weighted by Crippen LogP contribution is -2.44. The van der Waals surface area contributed by atoms with Gasteiger partial charge in [-0.15, -0.1) is 0 Å². The maximum atomic E-state index is 10.5. The van der Waals surface area contributed by atoms with Gasteiger partial charge in [0.25, 0.3) is 0 Å². The van der Waals surface area contributed by atoms with Crippen LogP contribution in [0, 0.1) is 16.0 Å². The third-order valence-corrected chi connectivity index (χ3v) is 2.24. The molecule has 1 aliphatic rings. The molecule has 1 N–H and O–H groups in total. The highest BCUT2D eigenvalue weighted by molar-refractivity contribution is 5.49. The Kier molecular flexibility index (Phi) is 3.16. The summed E-state index contributed by atoms with van der Waals surface area (Å²) < 4.78 is 0. The van der Waals surface area contributed by atoms with E-state index in [1.807, 2.05) is 0 Å². The van der Waals surface area contributed by atoms with Crippen molar-refractivity contribution in [1.29, 1.82) is 0 Å². The summed E-state index contributed by atoms with van der Waals surface area (Å²) in [5.74, 6) is -0.119. The molecule has 0 aliphatic carbocycles. The Balaban J connectivity index is 2.53. The Morgan fingerprint density at radius 2 is 2.42 bits per heavy atom. The minimum atomic E-state index is -0.531. The van der Waals surface area contributed by atoms with Crippen molar-refractivity contribution in [2.24, 2.45) is 5.92 Å². The lowest BCUT2D eigenvalue weighted by atomic mass is 9.92. The highest BCUT2D eigenvalue weighted by Crippen LogP contribution is 2.16. The smallest absolute Gasteiger partial charge is 0.218 e. The van der Waals surface area contributed by atoms with Gasteiger partial charge in [0.2, 0.25) is 6.04 Å². The van der Waals surface area contributed by atoms with Crippen LogP contribution in [0.3, 0.4) is 0 Å². The van der Waals surface area contributed by atoms with Crippen molar-refractivity contribution in [3.63, 3.8) is 0 Å². The molecule has 0 saturated carbocycles. The van der Waals surface area contributed by atoms with Crippen LogP contribution in [0.1, 0.15) is 12.8 Å². The van der Waals surface area contributed by atoms with Gasteiger partial charge in [0, 0.05) is 36.8 Å². The van der Waals surface area contributed by atoms with Crippen LogP contribution < -0.4 is 5.32 Å². The first kappa shape index (κ1) is 9.12. The van der Waals surface area contributed by atoms with E-state index < -0.39 is 6.04 Å². The topological polar surface area (TPSA) is 72.2 Å². The number of carbonyl (C=O) groups is 1. The van der Waals surface area contributed by atoms with E-state index in [1.54, 1.807) is 0 Å². The highest BCUT2D eigenvalue weighted by atomic mass is 16.6. The van der Waals surface area contributed by atoms with Gasteiger partial charge in [-0.1, -0.05) is 0 Å².